The van der Waals surface area contributed by atoms with Crippen molar-refractivity contribution in [3.63, 3.8) is 0 Å². The minimum absolute atomic E-state index is 0.465. The van der Waals surface area contributed by atoms with Gasteiger partial charge in [-0.1, -0.05) is 25.4 Å². The summed E-state index contributed by atoms with van der Waals surface area (Å²) in [5.74, 6) is 0.877. The summed E-state index contributed by atoms with van der Waals surface area (Å²) in [5, 5.41) is 0.465. The van der Waals surface area contributed by atoms with E-state index in [0.29, 0.717) is 5.15 Å². The van der Waals surface area contributed by atoms with E-state index in [1.807, 2.05) is 0 Å². The molecule has 0 amide bonds. The molecule has 6 heteroatoms. The van der Waals surface area contributed by atoms with Gasteiger partial charge in [-0.05, 0) is 48.9 Å². The SMILES string of the molecule is CCN(CC)CCCN(CC)c1ncnc(Cl)c1Br. The third kappa shape index (κ3) is 4.89. The minimum atomic E-state index is 0.465. The third-order valence-electron chi connectivity index (χ3n) is 3.21. The molecule has 0 saturated carbocycles. The Morgan fingerprint density at radius 1 is 1.11 bits per heavy atom. The molecule has 1 rings (SSSR count). The number of hydrogen-bond donors (Lipinski definition) is 0. The topological polar surface area (TPSA) is 32.3 Å². The number of aromatic nitrogens is 2. The standard InChI is InChI=1S/C13H22BrClN4/c1-4-18(5-2)8-7-9-19(6-3)13-11(14)12(15)16-10-17-13/h10H,4-9H2,1-3H3. The van der Waals surface area contributed by atoms with E-state index in [9.17, 15) is 0 Å². The lowest BCUT2D eigenvalue weighted by Crippen LogP contribution is -2.30. The van der Waals surface area contributed by atoms with Gasteiger partial charge in [0, 0.05) is 13.1 Å². The first-order valence-electron chi connectivity index (χ1n) is 6.77. The molecule has 0 fully saturated rings. The van der Waals surface area contributed by atoms with Crippen molar-refractivity contribution in [2.75, 3.05) is 37.6 Å². The van der Waals surface area contributed by atoms with Crippen molar-refractivity contribution in [3.8, 4) is 0 Å². The molecule has 1 aromatic heterocycles. The fourth-order valence-corrected chi connectivity index (χ4v) is 2.58. The first kappa shape index (κ1) is 16.7. The van der Waals surface area contributed by atoms with Gasteiger partial charge in [-0.3, -0.25) is 0 Å². The lowest BCUT2D eigenvalue weighted by atomic mass is 10.3. The van der Waals surface area contributed by atoms with Gasteiger partial charge in [0.15, 0.2) is 0 Å². The van der Waals surface area contributed by atoms with Gasteiger partial charge in [-0.2, -0.15) is 0 Å². The Balaban J connectivity index is 2.61. The lowest BCUT2D eigenvalue weighted by molar-refractivity contribution is 0.300. The van der Waals surface area contributed by atoms with Gasteiger partial charge in [0.05, 0.1) is 4.47 Å². The highest BCUT2D eigenvalue weighted by atomic mass is 79.9. The molecule has 4 nitrogen and oxygen atoms in total. The number of rotatable bonds is 8. The second kappa shape index (κ2) is 8.72. The van der Waals surface area contributed by atoms with Crippen molar-refractivity contribution >= 4 is 33.3 Å². The summed E-state index contributed by atoms with van der Waals surface area (Å²) in [7, 11) is 0. The van der Waals surface area contributed by atoms with Crippen LogP contribution in [0.4, 0.5) is 5.82 Å². The highest BCUT2D eigenvalue weighted by Crippen LogP contribution is 2.28. The number of halogens is 2. The zero-order chi connectivity index (χ0) is 14.3. The summed E-state index contributed by atoms with van der Waals surface area (Å²) >= 11 is 9.47. The average Bonchev–Trinajstić information content (AvgIpc) is 2.43. The van der Waals surface area contributed by atoms with E-state index < -0.39 is 0 Å². The summed E-state index contributed by atoms with van der Waals surface area (Å²) in [6, 6.07) is 0. The minimum Gasteiger partial charge on any atom is -0.356 e. The van der Waals surface area contributed by atoms with Gasteiger partial charge < -0.3 is 9.80 Å². The molecule has 0 bridgehead atoms. The quantitative estimate of drug-likeness (QED) is 0.673. The van der Waals surface area contributed by atoms with Crippen molar-refractivity contribution in [3.05, 3.63) is 16.0 Å². The molecule has 0 N–H and O–H groups in total. The summed E-state index contributed by atoms with van der Waals surface area (Å²) < 4.78 is 0.779. The smallest absolute Gasteiger partial charge is 0.148 e. The van der Waals surface area contributed by atoms with E-state index in [1.54, 1.807) is 0 Å². The Labute approximate surface area is 129 Å². The molecule has 0 saturated heterocycles. The maximum Gasteiger partial charge on any atom is 0.148 e. The van der Waals surface area contributed by atoms with E-state index >= 15 is 0 Å². The predicted molar refractivity (Wildman–Crippen MR) is 85.0 cm³/mol. The molecule has 0 aliphatic carbocycles. The Bertz CT molecular complexity index is 385. The molecule has 0 atom stereocenters. The van der Waals surface area contributed by atoms with Crippen LogP contribution in [0.25, 0.3) is 0 Å². The van der Waals surface area contributed by atoms with Gasteiger partial charge in [0.2, 0.25) is 0 Å². The van der Waals surface area contributed by atoms with Gasteiger partial charge in [-0.25, -0.2) is 9.97 Å². The van der Waals surface area contributed by atoms with Gasteiger partial charge in [0.25, 0.3) is 0 Å². The van der Waals surface area contributed by atoms with Gasteiger partial charge >= 0.3 is 0 Å². The van der Waals surface area contributed by atoms with E-state index in [0.717, 1.165) is 49.4 Å². The molecule has 0 aromatic carbocycles. The molecule has 0 unspecified atom stereocenters. The number of hydrogen-bond acceptors (Lipinski definition) is 4. The largest absolute Gasteiger partial charge is 0.356 e. The number of nitrogens with zero attached hydrogens (tertiary/aromatic N) is 4. The van der Waals surface area contributed by atoms with E-state index in [4.69, 9.17) is 11.6 Å². The third-order valence-corrected chi connectivity index (χ3v) is 4.45. The van der Waals surface area contributed by atoms with Crippen molar-refractivity contribution in [1.29, 1.82) is 0 Å². The van der Waals surface area contributed by atoms with Crippen molar-refractivity contribution in [1.82, 2.24) is 14.9 Å². The Kier molecular flexibility index (Phi) is 7.64. The normalized spacial score (nSPS) is 11.1. The maximum atomic E-state index is 6.01. The molecule has 0 spiro atoms. The van der Waals surface area contributed by atoms with Crippen LogP contribution in [-0.4, -0.2) is 47.6 Å². The first-order valence-corrected chi connectivity index (χ1v) is 7.94. The van der Waals surface area contributed by atoms with E-state index in [1.165, 1.54) is 6.33 Å². The molecular formula is C13H22BrClN4. The van der Waals surface area contributed by atoms with E-state index in [-0.39, 0.29) is 0 Å². The summed E-state index contributed by atoms with van der Waals surface area (Å²) in [4.78, 5) is 12.9. The molecular weight excluding hydrogens is 328 g/mol. The molecule has 0 aliphatic rings. The maximum absolute atomic E-state index is 6.01. The van der Waals surface area contributed by atoms with Crippen LogP contribution in [0.2, 0.25) is 5.15 Å². The molecule has 19 heavy (non-hydrogen) atoms. The van der Waals surface area contributed by atoms with Crippen molar-refractivity contribution in [2.24, 2.45) is 0 Å². The van der Waals surface area contributed by atoms with Gasteiger partial charge in [0.1, 0.15) is 17.3 Å². The van der Waals surface area contributed by atoms with Crippen LogP contribution in [0.5, 0.6) is 0 Å². The average molecular weight is 350 g/mol. The highest BCUT2D eigenvalue weighted by Gasteiger charge is 2.13. The summed E-state index contributed by atoms with van der Waals surface area (Å²) in [5.41, 5.74) is 0. The van der Waals surface area contributed by atoms with Crippen LogP contribution >= 0.6 is 27.5 Å². The van der Waals surface area contributed by atoms with Crippen LogP contribution in [-0.2, 0) is 0 Å². The molecule has 1 aromatic rings. The summed E-state index contributed by atoms with van der Waals surface area (Å²) in [6.45, 7) is 11.7. The second-order valence-electron chi connectivity index (χ2n) is 4.26. The lowest BCUT2D eigenvalue weighted by Gasteiger charge is -2.25. The Hall–Kier alpha value is -0.390. The number of anilines is 1. The van der Waals surface area contributed by atoms with Crippen LogP contribution in [0, 0.1) is 0 Å². The molecule has 0 radical (unpaired) electrons. The fraction of sp³-hybridized carbons (Fsp3) is 0.692. The van der Waals surface area contributed by atoms with Crippen LogP contribution in [0.15, 0.2) is 10.8 Å². The van der Waals surface area contributed by atoms with Crippen molar-refractivity contribution < 1.29 is 0 Å². The summed E-state index contributed by atoms with van der Waals surface area (Å²) in [6.07, 6.45) is 2.62. The monoisotopic (exact) mass is 348 g/mol. The zero-order valence-corrected chi connectivity index (χ0v) is 14.2. The van der Waals surface area contributed by atoms with Crippen LogP contribution in [0.1, 0.15) is 27.2 Å². The fourth-order valence-electron chi connectivity index (χ4n) is 2.00. The first-order chi connectivity index (χ1) is 9.13. The van der Waals surface area contributed by atoms with Gasteiger partial charge in [-0.15, -0.1) is 0 Å². The van der Waals surface area contributed by atoms with Crippen LogP contribution < -0.4 is 4.90 Å². The molecule has 0 aliphatic heterocycles. The Morgan fingerprint density at radius 2 is 1.79 bits per heavy atom. The molecule has 108 valence electrons. The highest BCUT2D eigenvalue weighted by molar-refractivity contribution is 9.10. The van der Waals surface area contributed by atoms with Crippen LogP contribution in [0.3, 0.4) is 0 Å². The molecule has 1 heterocycles. The second-order valence-corrected chi connectivity index (χ2v) is 5.41. The van der Waals surface area contributed by atoms with E-state index in [2.05, 4.69) is 56.5 Å². The predicted octanol–water partition coefficient (Wildman–Crippen LogP) is 3.45. The van der Waals surface area contributed by atoms with Crippen molar-refractivity contribution in [2.45, 2.75) is 27.2 Å². The Morgan fingerprint density at radius 3 is 2.37 bits per heavy atom. The zero-order valence-electron chi connectivity index (χ0n) is 11.9.